The summed E-state index contributed by atoms with van der Waals surface area (Å²) in [7, 11) is 0. The van der Waals surface area contributed by atoms with Gasteiger partial charge in [0.25, 0.3) is 5.91 Å². The van der Waals surface area contributed by atoms with E-state index in [0.29, 0.717) is 31.1 Å². The van der Waals surface area contributed by atoms with Crippen molar-refractivity contribution in [1.29, 1.82) is 0 Å². The van der Waals surface area contributed by atoms with Crippen molar-refractivity contribution < 1.29 is 13.7 Å². The van der Waals surface area contributed by atoms with Crippen LogP contribution in [-0.2, 0) is 6.54 Å². The normalized spacial score (nSPS) is 15.2. The molecule has 1 fully saturated rings. The molecule has 3 heterocycles. The summed E-state index contributed by atoms with van der Waals surface area (Å²) in [6.07, 6.45) is 0. The molecule has 0 unspecified atom stereocenters. The average molecular weight is 384 g/mol. The zero-order chi connectivity index (χ0) is 19.7. The van der Waals surface area contributed by atoms with Gasteiger partial charge in [-0.2, -0.15) is 0 Å². The van der Waals surface area contributed by atoms with Gasteiger partial charge in [-0.1, -0.05) is 5.16 Å². The van der Waals surface area contributed by atoms with Gasteiger partial charge in [-0.15, -0.1) is 5.10 Å². The summed E-state index contributed by atoms with van der Waals surface area (Å²) in [6.45, 7) is 7.01. The summed E-state index contributed by atoms with van der Waals surface area (Å²) in [5, 5.41) is 8.23. The first-order valence-corrected chi connectivity index (χ1v) is 9.13. The Labute approximate surface area is 161 Å². The van der Waals surface area contributed by atoms with Crippen LogP contribution in [0.3, 0.4) is 0 Å². The predicted octanol–water partition coefficient (Wildman–Crippen LogP) is 1.97. The van der Waals surface area contributed by atoms with E-state index in [9.17, 15) is 9.18 Å². The van der Waals surface area contributed by atoms with Crippen molar-refractivity contribution in [2.24, 2.45) is 0 Å². The summed E-state index contributed by atoms with van der Waals surface area (Å²) in [5.74, 6) is 1.04. The number of piperazine rings is 1. The number of benzene rings is 1. The monoisotopic (exact) mass is 384 g/mol. The molecular weight excluding hydrogens is 363 g/mol. The van der Waals surface area contributed by atoms with E-state index in [-0.39, 0.29) is 17.5 Å². The number of aryl methyl sites for hydroxylation is 2. The molecule has 146 valence electrons. The highest BCUT2D eigenvalue weighted by Crippen LogP contribution is 2.14. The minimum atomic E-state index is -0.323. The molecule has 9 heteroatoms. The van der Waals surface area contributed by atoms with Crippen molar-refractivity contribution in [2.45, 2.75) is 20.4 Å². The van der Waals surface area contributed by atoms with Gasteiger partial charge < -0.3 is 9.42 Å². The molecule has 4 rings (SSSR count). The van der Waals surface area contributed by atoms with Gasteiger partial charge in [0.2, 0.25) is 5.82 Å². The van der Waals surface area contributed by atoms with Gasteiger partial charge in [0.15, 0.2) is 5.76 Å². The quantitative estimate of drug-likeness (QED) is 0.684. The van der Waals surface area contributed by atoms with Crippen LogP contribution in [0.1, 0.15) is 27.9 Å². The van der Waals surface area contributed by atoms with Gasteiger partial charge in [0.05, 0.1) is 17.9 Å². The minimum absolute atomic E-state index is 0.154. The van der Waals surface area contributed by atoms with Crippen molar-refractivity contribution >= 4 is 5.91 Å². The smallest absolute Gasteiger partial charge is 0.293 e. The maximum Gasteiger partial charge on any atom is 0.293 e. The third kappa shape index (κ3) is 3.79. The molecule has 0 aliphatic carbocycles. The van der Waals surface area contributed by atoms with Crippen molar-refractivity contribution in [3.05, 3.63) is 59.3 Å². The Kier molecular flexibility index (Phi) is 4.91. The van der Waals surface area contributed by atoms with E-state index < -0.39 is 0 Å². The van der Waals surface area contributed by atoms with Gasteiger partial charge >= 0.3 is 0 Å². The van der Waals surface area contributed by atoms with Crippen LogP contribution in [0.15, 0.2) is 34.9 Å². The summed E-state index contributed by atoms with van der Waals surface area (Å²) < 4.78 is 19.9. The van der Waals surface area contributed by atoms with E-state index in [1.54, 1.807) is 28.6 Å². The Balaban J connectivity index is 1.40. The molecule has 1 saturated heterocycles. The fourth-order valence-electron chi connectivity index (χ4n) is 3.27. The number of nitrogens with zero attached hydrogens (tertiary/aromatic N) is 6. The van der Waals surface area contributed by atoms with E-state index in [4.69, 9.17) is 4.52 Å². The van der Waals surface area contributed by atoms with Crippen LogP contribution in [0.4, 0.5) is 4.39 Å². The van der Waals surface area contributed by atoms with E-state index >= 15 is 0 Å². The SMILES string of the molecule is Cc1cc(CN2CCN(C(=O)c3nc(C)n(-c4ccc(F)cc4)n3)CC2)on1. The summed E-state index contributed by atoms with van der Waals surface area (Å²) >= 11 is 0. The van der Waals surface area contributed by atoms with Gasteiger partial charge in [-0.05, 0) is 38.1 Å². The first-order chi connectivity index (χ1) is 13.5. The van der Waals surface area contributed by atoms with Crippen molar-refractivity contribution in [3.63, 3.8) is 0 Å². The van der Waals surface area contributed by atoms with E-state index in [1.807, 2.05) is 13.0 Å². The Morgan fingerprint density at radius 2 is 1.86 bits per heavy atom. The van der Waals surface area contributed by atoms with Crippen LogP contribution >= 0.6 is 0 Å². The lowest BCUT2D eigenvalue weighted by molar-refractivity contribution is 0.0605. The molecule has 0 atom stereocenters. The second-order valence-electron chi connectivity index (χ2n) is 6.87. The average Bonchev–Trinajstić information content (AvgIpc) is 3.28. The van der Waals surface area contributed by atoms with Crippen LogP contribution in [-0.4, -0.2) is 61.8 Å². The van der Waals surface area contributed by atoms with Gasteiger partial charge in [-0.3, -0.25) is 9.69 Å². The molecule has 0 bridgehead atoms. The highest BCUT2D eigenvalue weighted by Gasteiger charge is 2.26. The van der Waals surface area contributed by atoms with Gasteiger partial charge in [0.1, 0.15) is 11.6 Å². The van der Waals surface area contributed by atoms with Crippen LogP contribution in [0.25, 0.3) is 5.69 Å². The molecule has 1 amide bonds. The molecule has 2 aromatic heterocycles. The topological polar surface area (TPSA) is 80.3 Å². The van der Waals surface area contributed by atoms with E-state index in [2.05, 4.69) is 20.1 Å². The van der Waals surface area contributed by atoms with Gasteiger partial charge in [-0.25, -0.2) is 14.1 Å². The second-order valence-corrected chi connectivity index (χ2v) is 6.87. The molecule has 0 saturated carbocycles. The fourth-order valence-corrected chi connectivity index (χ4v) is 3.27. The third-order valence-corrected chi connectivity index (χ3v) is 4.75. The van der Waals surface area contributed by atoms with Crippen molar-refractivity contribution in [1.82, 2.24) is 29.7 Å². The van der Waals surface area contributed by atoms with E-state index in [0.717, 1.165) is 24.5 Å². The number of hydrogen-bond acceptors (Lipinski definition) is 6. The number of amides is 1. The predicted molar refractivity (Wildman–Crippen MR) is 98.5 cm³/mol. The number of aromatic nitrogens is 4. The Morgan fingerprint density at radius 1 is 1.14 bits per heavy atom. The van der Waals surface area contributed by atoms with Crippen LogP contribution < -0.4 is 0 Å². The Bertz CT molecular complexity index is 973. The lowest BCUT2D eigenvalue weighted by atomic mass is 10.2. The molecular formula is C19H21FN6O2. The summed E-state index contributed by atoms with van der Waals surface area (Å²) in [4.78, 5) is 21.1. The molecule has 28 heavy (non-hydrogen) atoms. The highest BCUT2D eigenvalue weighted by molar-refractivity contribution is 5.90. The molecule has 1 aliphatic heterocycles. The molecule has 0 spiro atoms. The number of hydrogen-bond donors (Lipinski definition) is 0. The number of carbonyl (C=O) groups excluding carboxylic acids is 1. The van der Waals surface area contributed by atoms with Crippen molar-refractivity contribution in [3.8, 4) is 5.69 Å². The molecule has 0 radical (unpaired) electrons. The van der Waals surface area contributed by atoms with E-state index in [1.165, 1.54) is 12.1 Å². The van der Waals surface area contributed by atoms with Crippen LogP contribution in [0.2, 0.25) is 0 Å². The fraction of sp³-hybridized carbons (Fsp3) is 0.368. The zero-order valence-electron chi connectivity index (χ0n) is 15.8. The molecule has 1 aromatic carbocycles. The molecule has 1 aliphatic rings. The summed E-state index contributed by atoms with van der Waals surface area (Å²) in [5.41, 5.74) is 1.53. The largest absolute Gasteiger partial charge is 0.360 e. The first-order valence-electron chi connectivity index (χ1n) is 9.13. The number of rotatable bonds is 4. The first kappa shape index (κ1) is 18.3. The van der Waals surface area contributed by atoms with Gasteiger partial charge in [0, 0.05) is 32.2 Å². The summed E-state index contributed by atoms with van der Waals surface area (Å²) in [6, 6.07) is 7.84. The standard InChI is InChI=1S/C19H21FN6O2/c1-13-11-17(28-23-13)12-24-7-9-25(10-8-24)19(27)18-21-14(2)26(22-18)16-5-3-15(20)4-6-16/h3-6,11H,7-10,12H2,1-2H3. The molecule has 8 nitrogen and oxygen atoms in total. The maximum atomic E-state index is 13.1. The third-order valence-electron chi connectivity index (χ3n) is 4.75. The number of halogens is 1. The van der Waals surface area contributed by atoms with Crippen LogP contribution in [0, 0.1) is 19.7 Å². The second kappa shape index (κ2) is 7.51. The number of carbonyl (C=O) groups is 1. The minimum Gasteiger partial charge on any atom is -0.360 e. The lowest BCUT2D eigenvalue weighted by Crippen LogP contribution is -2.48. The maximum absolute atomic E-state index is 13.1. The van der Waals surface area contributed by atoms with Crippen molar-refractivity contribution in [2.75, 3.05) is 26.2 Å². The Morgan fingerprint density at radius 3 is 2.50 bits per heavy atom. The van der Waals surface area contributed by atoms with Crippen LogP contribution in [0.5, 0.6) is 0 Å². The highest BCUT2D eigenvalue weighted by atomic mass is 19.1. The Hall–Kier alpha value is -3.07. The lowest BCUT2D eigenvalue weighted by Gasteiger charge is -2.33. The molecule has 0 N–H and O–H groups in total. The molecule has 3 aromatic rings. The zero-order valence-corrected chi connectivity index (χ0v) is 15.8.